The number of carbonyl (C=O) groups is 1. The maximum atomic E-state index is 13.3. The monoisotopic (exact) mass is 493 g/mol. The first-order chi connectivity index (χ1) is 16.5. The van der Waals surface area contributed by atoms with Crippen LogP contribution >= 0.6 is 11.8 Å². The summed E-state index contributed by atoms with van der Waals surface area (Å²) in [5, 5.41) is 5.89. The highest BCUT2D eigenvalue weighted by atomic mass is 32.2. The van der Waals surface area contributed by atoms with Crippen LogP contribution in [0.5, 0.6) is 0 Å². The number of hydrogen-bond acceptors (Lipinski definition) is 7. The van der Waals surface area contributed by atoms with Crippen molar-refractivity contribution in [2.75, 3.05) is 17.3 Å². The molecule has 1 fully saturated rings. The maximum absolute atomic E-state index is 13.3. The Morgan fingerprint density at radius 1 is 1.06 bits per heavy atom. The van der Waals surface area contributed by atoms with Crippen molar-refractivity contribution in [2.45, 2.75) is 24.0 Å². The number of fused-ring (bicyclic) bond motifs is 1. The van der Waals surface area contributed by atoms with Crippen LogP contribution in [0.15, 0.2) is 78.2 Å². The van der Waals surface area contributed by atoms with E-state index in [1.54, 1.807) is 15.8 Å². The second kappa shape index (κ2) is 9.55. The standard InChI is InChI=1S/C24H23N5O3S2/c30-22(28(14-18-7-3-1-4-8-18)20-11-12-34(31,32)16-20)15-33-24-21-13-27-29(23(21)25-17-26-24)19-9-5-2-6-10-19/h1-10,13,17,20H,11-12,14-16H2. The summed E-state index contributed by atoms with van der Waals surface area (Å²) in [6.07, 6.45) is 3.65. The van der Waals surface area contributed by atoms with Gasteiger partial charge < -0.3 is 4.90 Å². The molecule has 2 aromatic heterocycles. The van der Waals surface area contributed by atoms with Crippen LogP contribution in [0, 0.1) is 0 Å². The van der Waals surface area contributed by atoms with E-state index >= 15 is 0 Å². The average Bonchev–Trinajstić information content (AvgIpc) is 3.45. The molecule has 1 aliphatic heterocycles. The molecule has 34 heavy (non-hydrogen) atoms. The molecule has 2 aromatic carbocycles. The van der Waals surface area contributed by atoms with Gasteiger partial charge in [0, 0.05) is 12.6 Å². The van der Waals surface area contributed by atoms with E-state index in [1.165, 1.54) is 18.1 Å². The predicted octanol–water partition coefficient (Wildman–Crippen LogP) is 3.12. The number of carbonyl (C=O) groups excluding carboxylic acids is 1. The second-order valence-electron chi connectivity index (χ2n) is 8.16. The van der Waals surface area contributed by atoms with Crippen LogP contribution in [0.2, 0.25) is 0 Å². The zero-order valence-corrected chi connectivity index (χ0v) is 20.0. The highest BCUT2D eigenvalue weighted by molar-refractivity contribution is 8.00. The highest BCUT2D eigenvalue weighted by Gasteiger charge is 2.34. The van der Waals surface area contributed by atoms with Gasteiger partial charge in [0.2, 0.25) is 5.91 Å². The largest absolute Gasteiger partial charge is 0.334 e. The van der Waals surface area contributed by atoms with E-state index in [0.717, 1.165) is 16.6 Å². The van der Waals surface area contributed by atoms with Crippen LogP contribution in [0.25, 0.3) is 16.7 Å². The summed E-state index contributed by atoms with van der Waals surface area (Å²) < 4.78 is 25.9. The van der Waals surface area contributed by atoms with Crippen LogP contribution in [0.3, 0.4) is 0 Å². The molecule has 8 nitrogen and oxygen atoms in total. The van der Waals surface area contributed by atoms with Crippen molar-refractivity contribution < 1.29 is 13.2 Å². The molecule has 0 saturated carbocycles. The van der Waals surface area contributed by atoms with Crippen molar-refractivity contribution in [2.24, 2.45) is 0 Å². The summed E-state index contributed by atoms with van der Waals surface area (Å²) >= 11 is 1.32. The quantitative estimate of drug-likeness (QED) is 0.288. The average molecular weight is 494 g/mol. The number of nitrogens with zero attached hydrogens (tertiary/aromatic N) is 5. The number of para-hydroxylation sites is 1. The molecular weight excluding hydrogens is 470 g/mol. The van der Waals surface area contributed by atoms with E-state index in [9.17, 15) is 13.2 Å². The van der Waals surface area contributed by atoms with Gasteiger partial charge in [-0.15, -0.1) is 0 Å². The Hall–Kier alpha value is -3.24. The van der Waals surface area contributed by atoms with Gasteiger partial charge in [-0.05, 0) is 24.1 Å². The lowest BCUT2D eigenvalue weighted by Crippen LogP contribution is -2.41. The molecule has 0 N–H and O–H groups in total. The molecular formula is C24H23N5O3S2. The van der Waals surface area contributed by atoms with Crippen molar-refractivity contribution in [3.05, 3.63) is 78.8 Å². The van der Waals surface area contributed by atoms with Crippen molar-refractivity contribution in [3.63, 3.8) is 0 Å². The number of amides is 1. The molecule has 3 heterocycles. The Kier molecular flexibility index (Phi) is 6.34. The minimum absolute atomic E-state index is 0.0117. The Balaban J connectivity index is 1.36. The van der Waals surface area contributed by atoms with Gasteiger partial charge >= 0.3 is 0 Å². The van der Waals surface area contributed by atoms with Crippen LogP contribution in [0.1, 0.15) is 12.0 Å². The van der Waals surface area contributed by atoms with Gasteiger partial charge in [0.15, 0.2) is 15.5 Å². The molecule has 0 bridgehead atoms. The summed E-state index contributed by atoms with van der Waals surface area (Å²) in [7, 11) is -3.12. The molecule has 1 amide bonds. The molecule has 10 heteroatoms. The van der Waals surface area contributed by atoms with Crippen molar-refractivity contribution in [1.29, 1.82) is 0 Å². The Morgan fingerprint density at radius 2 is 1.79 bits per heavy atom. The molecule has 0 spiro atoms. The summed E-state index contributed by atoms with van der Waals surface area (Å²) in [5.74, 6) is 0.163. The lowest BCUT2D eigenvalue weighted by molar-refractivity contribution is -0.130. The van der Waals surface area contributed by atoms with Crippen LogP contribution in [-0.2, 0) is 21.2 Å². The zero-order valence-electron chi connectivity index (χ0n) is 18.3. The Morgan fingerprint density at radius 3 is 2.50 bits per heavy atom. The number of benzene rings is 2. The van der Waals surface area contributed by atoms with Gasteiger partial charge in [-0.3, -0.25) is 4.79 Å². The van der Waals surface area contributed by atoms with Gasteiger partial charge in [-0.2, -0.15) is 5.10 Å². The molecule has 174 valence electrons. The van der Waals surface area contributed by atoms with Crippen LogP contribution < -0.4 is 0 Å². The minimum atomic E-state index is -3.12. The first-order valence-corrected chi connectivity index (χ1v) is 13.7. The first kappa shape index (κ1) is 22.5. The van der Waals surface area contributed by atoms with Crippen LogP contribution in [0.4, 0.5) is 0 Å². The lowest BCUT2D eigenvalue weighted by Gasteiger charge is -2.28. The Bertz CT molecular complexity index is 1410. The zero-order chi connectivity index (χ0) is 23.5. The normalized spacial score (nSPS) is 17.1. The molecule has 0 radical (unpaired) electrons. The molecule has 1 unspecified atom stereocenters. The fraction of sp³-hybridized carbons (Fsp3) is 0.250. The fourth-order valence-corrected chi connectivity index (χ4v) is 6.71. The first-order valence-electron chi connectivity index (χ1n) is 10.9. The third-order valence-corrected chi connectivity index (χ3v) is 8.57. The lowest BCUT2D eigenvalue weighted by atomic mass is 10.1. The smallest absolute Gasteiger partial charge is 0.233 e. The van der Waals surface area contributed by atoms with E-state index in [4.69, 9.17) is 0 Å². The van der Waals surface area contributed by atoms with E-state index < -0.39 is 9.84 Å². The van der Waals surface area contributed by atoms with E-state index in [2.05, 4.69) is 15.1 Å². The summed E-state index contributed by atoms with van der Waals surface area (Å²) in [6, 6.07) is 19.0. The third kappa shape index (κ3) is 4.83. The molecule has 5 rings (SSSR count). The molecule has 4 aromatic rings. The fourth-order valence-electron chi connectivity index (χ4n) is 4.13. The molecule has 1 aliphatic rings. The van der Waals surface area contributed by atoms with Gasteiger partial charge in [-0.1, -0.05) is 60.3 Å². The van der Waals surface area contributed by atoms with Gasteiger partial charge in [-0.25, -0.2) is 23.1 Å². The SMILES string of the molecule is O=C(CSc1ncnc2c1cnn2-c1ccccc1)N(Cc1ccccc1)C1CCS(=O)(=O)C1. The van der Waals surface area contributed by atoms with Crippen molar-refractivity contribution in [1.82, 2.24) is 24.6 Å². The number of hydrogen-bond donors (Lipinski definition) is 0. The van der Waals surface area contributed by atoms with Gasteiger partial charge in [0.1, 0.15) is 11.4 Å². The van der Waals surface area contributed by atoms with Crippen molar-refractivity contribution >= 4 is 38.5 Å². The molecule has 1 atom stereocenters. The predicted molar refractivity (Wildman–Crippen MR) is 131 cm³/mol. The van der Waals surface area contributed by atoms with Gasteiger partial charge in [0.05, 0.1) is 34.5 Å². The van der Waals surface area contributed by atoms with Gasteiger partial charge in [0.25, 0.3) is 0 Å². The summed E-state index contributed by atoms with van der Waals surface area (Å²) in [5.41, 5.74) is 2.53. The van der Waals surface area contributed by atoms with Crippen molar-refractivity contribution in [3.8, 4) is 5.69 Å². The van der Waals surface area contributed by atoms with Crippen LogP contribution in [-0.4, -0.2) is 62.3 Å². The number of sulfone groups is 1. The topological polar surface area (TPSA) is 98.1 Å². The highest BCUT2D eigenvalue weighted by Crippen LogP contribution is 2.27. The molecule has 0 aliphatic carbocycles. The number of thioether (sulfide) groups is 1. The minimum Gasteiger partial charge on any atom is -0.334 e. The van der Waals surface area contributed by atoms with E-state index in [1.807, 2.05) is 60.7 Å². The third-order valence-electron chi connectivity index (χ3n) is 5.83. The number of aromatic nitrogens is 4. The Labute approximate surface area is 201 Å². The number of rotatable bonds is 7. The molecule has 1 saturated heterocycles. The van der Waals surface area contributed by atoms with E-state index in [-0.39, 0.29) is 29.2 Å². The van der Waals surface area contributed by atoms with E-state index in [0.29, 0.717) is 23.6 Å². The summed E-state index contributed by atoms with van der Waals surface area (Å²) in [4.78, 5) is 23.8. The second-order valence-corrected chi connectivity index (χ2v) is 11.4. The maximum Gasteiger partial charge on any atom is 0.233 e. The summed E-state index contributed by atoms with van der Waals surface area (Å²) in [6.45, 7) is 0.381.